The zero-order chi connectivity index (χ0) is 16.7. The van der Waals surface area contributed by atoms with E-state index in [9.17, 15) is 9.90 Å². The minimum absolute atomic E-state index is 0.0433. The van der Waals surface area contributed by atoms with E-state index in [2.05, 4.69) is 15.5 Å². The van der Waals surface area contributed by atoms with Crippen LogP contribution >= 0.6 is 0 Å². The molecule has 132 valence electrons. The normalized spacial score (nSPS) is 39.2. The second-order valence-electron chi connectivity index (χ2n) is 8.31. The Balaban J connectivity index is 0.000000252. The van der Waals surface area contributed by atoms with E-state index >= 15 is 0 Å². The summed E-state index contributed by atoms with van der Waals surface area (Å²) < 4.78 is 0. The van der Waals surface area contributed by atoms with Gasteiger partial charge < -0.3 is 15.5 Å². The standard InChI is InChI=1S/C14H19N3O2.C4H8O/c18-13(11-6-15-16-7-11)17-12-9-1-8-2-10(12)5-14(19,3-8)4-9;5-3-4-1-2-4/h6-10,12,19H,1-5H2,(H,15,16)(H,17,18);4-5H,1-3H2. The van der Waals surface area contributed by atoms with Gasteiger partial charge in [0.1, 0.15) is 0 Å². The van der Waals surface area contributed by atoms with Crippen molar-refractivity contribution >= 4 is 5.91 Å². The first-order chi connectivity index (χ1) is 11.6. The molecule has 0 aromatic carbocycles. The Morgan fingerprint density at radius 1 is 1.29 bits per heavy atom. The lowest BCUT2D eigenvalue weighted by molar-refractivity contribution is -0.136. The second kappa shape index (κ2) is 6.15. The molecule has 0 saturated heterocycles. The molecule has 2 unspecified atom stereocenters. The van der Waals surface area contributed by atoms with Crippen molar-refractivity contribution in [3.63, 3.8) is 0 Å². The summed E-state index contributed by atoms with van der Waals surface area (Å²) in [5.74, 6) is 2.22. The van der Waals surface area contributed by atoms with Crippen LogP contribution in [0, 0.1) is 23.7 Å². The highest BCUT2D eigenvalue weighted by molar-refractivity contribution is 5.93. The molecule has 5 fully saturated rings. The molecule has 6 heteroatoms. The molecule has 5 aliphatic rings. The van der Waals surface area contributed by atoms with Gasteiger partial charge in [-0.3, -0.25) is 9.89 Å². The van der Waals surface area contributed by atoms with Crippen molar-refractivity contribution in [2.45, 2.75) is 56.6 Å². The van der Waals surface area contributed by atoms with E-state index in [1.165, 1.54) is 12.8 Å². The van der Waals surface area contributed by atoms with Gasteiger partial charge in [-0.15, -0.1) is 0 Å². The Morgan fingerprint density at radius 3 is 2.46 bits per heavy atom. The minimum Gasteiger partial charge on any atom is -0.396 e. The molecule has 2 atom stereocenters. The van der Waals surface area contributed by atoms with Crippen molar-refractivity contribution in [1.82, 2.24) is 15.5 Å². The number of H-pyrrole nitrogens is 1. The topological polar surface area (TPSA) is 98.2 Å². The van der Waals surface area contributed by atoms with Gasteiger partial charge in [-0.25, -0.2) is 0 Å². The van der Waals surface area contributed by atoms with E-state index < -0.39 is 5.60 Å². The van der Waals surface area contributed by atoms with Gasteiger partial charge in [-0.1, -0.05) is 0 Å². The minimum atomic E-state index is -0.437. The van der Waals surface area contributed by atoms with Gasteiger partial charge in [0.15, 0.2) is 0 Å². The van der Waals surface area contributed by atoms with Crippen LogP contribution < -0.4 is 5.32 Å². The molecular formula is C18H27N3O3. The molecule has 1 aromatic rings. The average molecular weight is 333 g/mol. The van der Waals surface area contributed by atoms with E-state index in [-0.39, 0.29) is 11.9 Å². The van der Waals surface area contributed by atoms with Gasteiger partial charge in [0.25, 0.3) is 5.91 Å². The summed E-state index contributed by atoms with van der Waals surface area (Å²) in [5.41, 5.74) is 0.153. The summed E-state index contributed by atoms with van der Waals surface area (Å²) in [6, 6.07) is 0.235. The number of aromatic nitrogens is 2. The van der Waals surface area contributed by atoms with Crippen molar-refractivity contribution in [2.75, 3.05) is 6.61 Å². The largest absolute Gasteiger partial charge is 0.396 e. The predicted octanol–water partition coefficient (Wildman–Crippen LogP) is 1.47. The van der Waals surface area contributed by atoms with E-state index in [4.69, 9.17) is 5.11 Å². The summed E-state index contributed by atoms with van der Waals surface area (Å²) in [7, 11) is 0. The first-order valence-corrected chi connectivity index (χ1v) is 9.19. The zero-order valence-electron chi connectivity index (χ0n) is 13.9. The SMILES string of the molecule is O=C(NC1C2CC3CC1CC(O)(C3)C2)c1cn[nH]c1.OCC1CC1. The van der Waals surface area contributed by atoms with E-state index in [0.717, 1.165) is 32.1 Å². The smallest absolute Gasteiger partial charge is 0.254 e. The first kappa shape index (κ1) is 16.1. The van der Waals surface area contributed by atoms with Gasteiger partial charge >= 0.3 is 0 Å². The first-order valence-electron chi connectivity index (χ1n) is 9.19. The lowest BCUT2D eigenvalue weighted by Gasteiger charge is -2.58. The Labute approximate surface area is 142 Å². The van der Waals surface area contributed by atoms with Crippen LogP contribution in [0.25, 0.3) is 0 Å². The summed E-state index contributed by atoms with van der Waals surface area (Å²) in [4.78, 5) is 12.1. The molecule has 1 amide bonds. The van der Waals surface area contributed by atoms with Crippen LogP contribution in [-0.4, -0.2) is 44.6 Å². The van der Waals surface area contributed by atoms with Crippen LogP contribution in [0.15, 0.2) is 12.4 Å². The van der Waals surface area contributed by atoms with Gasteiger partial charge in [0.2, 0.25) is 0 Å². The summed E-state index contributed by atoms with van der Waals surface area (Å²) in [5, 5.41) is 28.4. The number of nitrogens with one attached hydrogen (secondary N) is 2. The molecule has 1 heterocycles. The molecule has 0 spiro atoms. The number of aliphatic hydroxyl groups excluding tert-OH is 1. The second-order valence-corrected chi connectivity index (χ2v) is 8.31. The maximum atomic E-state index is 12.1. The molecule has 6 rings (SSSR count). The van der Waals surface area contributed by atoms with Gasteiger partial charge in [-0.2, -0.15) is 5.10 Å². The number of amides is 1. The Kier molecular flexibility index (Phi) is 4.12. The quantitative estimate of drug-likeness (QED) is 0.673. The lowest BCUT2D eigenvalue weighted by Crippen LogP contribution is -2.61. The Morgan fingerprint density at radius 2 is 2.00 bits per heavy atom. The summed E-state index contributed by atoms with van der Waals surface area (Å²) >= 11 is 0. The van der Waals surface area contributed by atoms with Crippen molar-refractivity contribution in [2.24, 2.45) is 23.7 Å². The highest BCUT2D eigenvalue weighted by Crippen LogP contribution is 2.55. The lowest BCUT2D eigenvalue weighted by atomic mass is 9.52. The van der Waals surface area contributed by atoms with Crippen LogP contribution in [0.3, 0.4) is 0 Å². The van der Waals surface area contributed by atoms with Gasteiger partial charge in [-0.05, 0) is 68.6 Å². The average Bonchev–Trinajstić information content (AvgIpc) is 3.22. The fourth-order valence-electron chi connectivity index (χ4n) is 5.13. The molecule has 0 aliphatic heterocycles. The number of aliphatic hydroxyl groups is 2. The highest BCUT2D eigenvalue weighted by Gasteiger charge is 2.55. The fourth-order valence-corrected chi connectivity index (χ4v) is 5.13. The molecule has 4 bridgehead atoms. The van der Waals surface area contributed by atoms with Crippen molar-refractivity contribution in [1.29, 1.82) is 0 Å². The van der Waals surface area contributed by atoms with Crippen LogP contribution in [0.5, 0.6) is 0 Å². The zero-order valence-corrected chi connectivity index (χ0v) is 13.9. The molecule has 6 nitrogen and oxygen atoms in total. The number of carbonyl (C=O) groups excluding carboxylic acids is 1. The van der Waals surface area contributed by atoms with E-state index in [0.29, 0.717) is 35.8 Å². The van der Waals surface area contributed by atoms with Gasteiger partial charge in [0, 0.05) is 18.8 Å². The Bertz CT molecular complexity index is 568. The number of nitrogens with zero attached hydrogens (tertiary/aromatic N) is 1. The molecule has 1 aromatic heterocycles. The van der Waals surface area contributed by atoms with Crippen LogP contribution in [0.2, 0.25) is 0 Å². The third-order valence-corrected chi connectivity index (χ3v) is 6.25. The number of hydrogen-bond acceptors (Lipinski definition) is 4. The van der Waals surface area contributed by atoms with Gasteiger partial charge in [0.05, 0.1) is 17.4 Å². The molecule has 0 radical (unpaired) electrons. The van der Waals surface area contributed by atoms with E-state index in [1.54, 1.807) is 12.4 Å². The number of hydrogen-bond donors (Lipinski definition) is 4. The number of rotatable bonds is 3. The molecule has 5 saturated carbocycles. The summed E-state index contributed by atoms with van der Waals surface area (Å²) in [6.45, 7) is 0.417. The van der Waals surface area contributed by atoms with Crippen molar-refractivity contribution in [3.8, 4) is 0 Å². The fraction of sp³-hybridized carbons (Fsp3) is 0.778. The third-order valence-electron chi connectivity index (χ3n) is 6.25. The van der Waals surface area contributed by atoms with Crippen molar-refractivity contribution < 1.29 is 15.0 Å². The van der Waals surface area contributed by atoms with Crippen LogP contribution in [0.1, 0.15) is 55.3 Å². The van der Waals surface area contributed by atoms with E-state index in [1.807, 2.05) is 0 Å². The van der Waals surface area contributed by atoms with Crippen LogP contribution in [0.4, 0.5) is 0 Å². The maximum absolute atomic E-state index is 12.1. The molecule has 4 N–H and O–H groups in total. The highest BCUT2D eigenvalue weighted by atomic mass is 16.3. The number of carbonyl (C=O) groups is 1. The molecular weight excluding hydrogens is 306 g/mol. The Hall–Kier alpha value is -1.40. The molecule has 5 aliphatic carbocycles. The van der Waals surface area contributed by atoms with Crippen molar-refractivity contribution in [3.05, 3.63) is 18.0 Å². The maximum Gasteiger partial charge on any atom is 0.254 e. The molecule has 24 heavy (non-hydrogen) atoms. The summed E-state index contributed by atoms with van der Waals surface area (Å²) in [6.07, 6.45) is 10.7. The monoisotopic (exact) mass is 333 g/mol. The third kappa shape index (κ3) is 3.22. The van der Waals surface area contributed by atoms with Crippen LogP contribution in [-0.2, 0) is 0 Å². The predicted molar refractivity (Wildman–Crippen MR) is 88.2 cm³/mol. The number of aromatic amines is 1.